The SMILES string of the molecule is CCCCC/C=C\C/C=C\CCCCCCCCOCOCCCC(CCCOCOCCCCCCCC/C=C\C/C=C\CCCCC)OC(=O)CCC[N+](C)(C)COCCCCCCCC/C=C\C/C=C\CCCCC.[Cl-]. The van der Waals surface area contributed by atoms with Gasteiger partial charge in [-0.25, -0.2) is 0 Å². The number of rotatable bonds is 64. The van der Waals surface area contributed by atoms with E-state index in [1.807, 2.05) is 0 Å². The molecule has 8 nitrogen and oxygen atoms in total. The molecule has 0 fully saturated rings. The summed E-state index contributed by atoms with van der Waals surface area (Å²) in [4.78, 5) is 13.1. The van der Waals surface area contributed by atoms with E-state index >= 15 is 0 Å². The number of carbonyl (C=O) groups is 1. The lowest BCUT2D eigenvalue weighted by molar-refractivity contribution is -0.909. The second-order valence-electron chi connectivity index (χ2n) is 22.8. The average molecular weight is 1130 g/mol. The first-order valence-electron chi connectivity index (χ1n) is 33.2. The Morgan fingerprint density at radius 2 is 0.646 bits per heavy atom. The molecule has 0 aliphatic carbocycles. The lowest BCUT2D eigenvalue weighted by Gasteiger charge is -2.29. The van der Waals surface area contributed by atoms with Crippen molar-refractivity contribution in [3.8, 4) is 0 Å². The number of hydrogen-bond acceptors (Lipinski definition) is 7. The molecular formula is C70H130ClNO7. The topological polar surface area (TPSA) is 72.5 Å². The molecule has 0 bridgehead atoms. The Morgan fingerprint density at radius 1 is 0.354 bits per heavy atom. The highest BCUT2D eigenvalue weighted by molar-refractivity contribution is 5.69. The lowest BCUT2D eigenvalue weighted by atomic mass is 10.1. The van der Waals surface area contributed by atoms with Gasteiger partial charge in [-0.05, 0) is 141 Å². The lowest BCUT2D eigenvalue weighted by Crippen LogP contribution is -3.00. The molecule has 464 valence electrons. The van der Waals surface area contributed by atoms with Gasteiger partial charge in [-0.1, -0.05) is 209 Å². The molecule has 0 spiro atoms. The second kappa shape index (κ2) is 68.5. The minimum Gasteiger partial charge on any atom is -1.00 e. The molecule has 9 heteroatoms. The van der Waals surface area contributed by atoms with E-state index < -0.39 is 0 Å². The molecule has 0 aromatic rings. The van der Waals surface area contributed by atoms with Crippen LogP contribution in [0.25, 0.3) is 0 Å². The maximum absolute atomic E-state index is 13.1. The third-order valence-electron chi connectivity index (χ3n) is 14.3. The van der Waals surface area contributed by atoms with Crippen molar-refractivity contribution in [2.75, 3.05) is 74.0 Å². The van der Waals surface area contributed by atoms with Crippen molar-refractivity contribution in [2.24, 2.45) is 0 Å². The van der Waals surface area contributed by atoms with Gasteiger partial charge in [0.25, 0.3) is 0 Å². The number of nitrogens with zero attached hydrogens (tertiary/aromatic N) is 1. The number of unbranched alkanes of at least 4 members (excludes halogenated alkanes) is 27. The first-order valence-corrected chi connectivity index (χ1v) is 33.2. The second-order valence-corrected chi connectivity index (χ2v) is 22.8. The molecule has 0 aromatic heterocycles. The van der Waals surface area contributed by atoms with E-state index in [0.717, 1.165) is 101 Å². The highest BCUT2D eigenvalue weighted by Gasteiger charge is 2.19. The van der Waals surface area contributed by atoms with Crippen molar-refractivity contribution in [1.82, 2.24) is 0 Å². The van der Waals surface area contributed by atoms with E-state index in [0.29, 0.717) is 40.0 Å². The van der Waals surface area contributed by atoms with E-state index in [2.05, 4.69) is 108 Å². The summed E-state index contributed by atoms with van der Waals surface area (Å²) in [7, 11) is 4.38. The smallest absolute Gasteiger partial charge is 0.306 e. The largest absolute Gasteiger partial charge is 1.00 e. The van der Waals surface area contributed by atoms with Crippen molar-refractivity contribution < 1.29 is 50.1 Å². The average Bonchev–Trinajstić information content (AvgIpc) is 3.43. The zero-order valence-electron chi connectivity index (χ0n) is 52.8. The Labute approximate surface area is 497 Å². The molecule has 0 aromatic carbocycles. The van der Waals surface area contributed by atoms with Crippen LogP contribution in [0, 0.1) is 0 Å². The molecule has 0 amide bonds. The quantitative estimate of drug-likeness (QED) is 0.0198. The van der Waals surface area contributed by atoms with Crippen molar-refractivity contribution in [2.45, 2.75) is 297 Å². The van der Waals surface area contributed by atoms with Gasteiger partial charge in [0.2, 0.25) is 0 Å². The van der Waals surface area contributed by atoms with Crippen LogP contribution in [0.4, 0.5) is 0 Å². The minimum absolute atomic E-state index is 0. The van der Waals surface area contributed by atoms with E-state index in [9.17, 15) is 4.79 Å². The van der Waals surface area contributed by atoms with Gasteiger partial charge in [-0.2, -0.15) is 0 Å². The fraction of sp³-hybridized carbons (Fsp3) is 0.814. The third-order valence-corrected chi connectivity index (χ3v) is 14.3. The first kappa shape index (κ1) is 79.0. The van der Waals surface area contributed by atoms with Crippen LogP contribution in [0.2, 0.25) is 0 Å². The molecule has 0 saturated carbocycles. The summed E-state index contributed by atoms with van der Waals surface area (Å²) in [5.41, 5.74) is 0. The van der Waals surface area contributed by atoms with Crippen molar-refractivity contribution in [3.63, 3.8) is 0 Å². The van der Waals surface area contributed by atoms with Crippen LogP contribution in [0.15, 0.2) is 72.9 Å². The first-order chi connectivity index (χ1) is 38.4. The van der Waals surface area contributed by atoms with Crippen molar-refractivity contribution in [1.29, 1.82) is 0 Å². The van der Waals surface area contributed by atoms with Gasteiger partial charge in [-0.15, -0.1) is 0 Å². The van der Waals surface area contributed by atoms with Crippen molar-refractivity contribution >= 4 is 5.97 Å². The summed E-state index contributed by atoms with van der Waals surface area (Å²) in [6, 6.07) is 0. The fourth-order valence-corrected chi connectivity index (χ4v) is 9.29. The summed E-state index contributed by atoms with van der Waals surface area (Å²) >= 11 is 0. The van der Waals surface area contributed by atoms with Crippen LogP contribution >= 0.6 is 0 Å². The number of allylic oxidation sites excluding steroid dienone is 12. The van der Waals surface area contributed by atoms with Crippen LogP contribution in [-0.4, -0.2) is 90.5 Å². The molecule has 0 atom stereocenters. The molecule has 0 aliphatic rings. The van der Waals surface area contributed by atoms with Crippen LogP contribution in [-0.2, 0) is 33.2 Å². The van der Waals surface area contributed by atoms with Gasteiger partial charge in [-0.3, -0.25) is 4.79 Å². The number of quaternary nitrogens is 1. The molecule has 0 radical (unpaired) electrons. The van der Waals surface area contributed by atoms with Crippen molar-refractivity contribution in [3.05, 3.63) is 72.9 Å². The van der Waals surface area contributed by atoms with E-state index in [4.69, 9.17) is 28.4 Å². The summed E-state index contributed by atoms with van der Waals surface area (Å²) in [5.74, 6) is -0.114. The van der Waals surface area contributed by atoms with E-state index in [1.165, 1.54) is 193 Å². The number of esters is 1. The predicted molar refractivity (Wildman–Crippen MR) is 337 cm³/mol. The molecular weight excluding hydrogens is 1000 g/mol. The Morgan fingerprint density at radius 3 is 0.987 bits per heavy atom. The molecule has 0 rings (SSSR count). The van der Waals surface area contributed by atoms with E-state index in [-0.39, 0.29) is 24.5 Å². The van der Waals surface area contributed by atoms with Gasteiger partial charge in [0.15, 0.2) is 6.73 Å². The van der Waals surface area contributed by atoms with Crippen LogP contribution in [0.3, 0.4) is 0 Å². The molecule has 0 N–H and O–H groups in total. The number of halogens is 1. The number of carbonyl (C=O) groups excluding carboxylic acids is 1. The normalized spacial score (nSPS) is 12.4. The van der Waals surface area contributed by atoms with Crippen LogP contribution in [0.5, 0.6) is 0 Å². The third kappa shape index (κ3) is 68.4. The Kier molecular flexibility index (Phi) is 68.5. The van der Waals surface area contributed by atoms with Gasteiger partial charge in [0, 0.05) is 32.8 Å². The summed E-state index contributed by atoms with van der Waals surface area (Å²) in [6.07, 6.45) is 77.0. The Balaban J connectivity index is 0. The highest BCUT2D eigenvalue weighted by atomic mass is 35.5. The van der Waals surface area contributed by atoms with Crippen LogP contribution in [0.1, 0.15) is 290 Å². The summed E-state index contributed by atoms with van der Waals surface area (Å²) in [6.45, 7) is 12.4. The maximum Gasteiger partial charge on any atom is 0.306 e. The van der Waals surface area contributed by atoms with Gasteiger partial charge >= 0.3 is 5.97 Å². The monoisotopic (exact) mass is 1130 g/mol. The Hall–Kier alpha value is -2.04. The highest BCUT2D eigenvalue weighted by Crippen LogP contribution is 2.15. The zero-order valence-corrected chi connectivity index (χ0v) is 53.5. The molecule has 0 heterocycles. The molecule has 0 aliphatic heterocycles. The van der Waals surface area contributed by atoms with Gasteiger partial charge in [0.05, 0.1) is 33.7 Å². The van der Waals surface area contributed by atoms with Crippen LogP contribution < -0.4 is 12.4 Å². The Bertz CT molecular complexity index is 1320. The molecule has 0 saturated heterocycles. The predicted octanol–water partition coefficient (Wildman–Crippen LogP) is 17.7. The number of ether oxygens (including phenoxy) is 6. The molecule has 0 unspecified atom stereocenters. The van der Waals surface area contributed by atoms with E-state index in [1.54, 1.807) is 0 Å². The maximum atomic E-state index is 13.1. The zero-order chi connectivity index (χ0) is 56.4. The van der Waals surface area contributed by atoms with Gasteiger partial charge in [0.1, 0.15) is 19.7 Å². The fourth-order valence-electron chi connectivity index (χ4n) is 9.29. The summed E-state index contributed by atoms with van der Waals surface area (Å²) < 4.78 is 36.2. The molecule has 79 heavy (non-hydrogen) atoms. The van der Waals surface area contributed by atoms with Gasteiger partial charge < -0.3 is 45.3 Å². The number of hydrogen-bond donors (Lipinski definition) is 0. The standard InChI is InChI=1S/C70H130NO7.ClH/c1-6-9-12-15-18-21-24-27-30-33-36-39-42-45-48-51-61-73-66-71(4,5)60-54-59-70(72)78-69(57-55-64-76-67-74-62-52-49-46-43-40-37-34-31-28-25-22-19-16-13-10-7-2)58-56-65-77-68-75-63-53-50-47-44-41-38-35-32-29-26-23-20-17-14-11-8-3;/h18-23,27-32,69H,6-17,24-26,33-68H2,1-5H3;1H/q+1;/p-1/b21-18-,22-19-,23-20-,30-27-,31-28-,32-29-;. The summed E-state index contributed by atoms with van der Waals surface area (Å²) in [5, 5.41) is 0. The minimum atomic E-state index is -0.150.